The molecule has 0 bridgehead atoms. The molecule has 0 aromatic heterocycles. The average Bonchev–Trinajstić information content (AvgIpc) is 2.97. The van der Waals surface area contributed by atoms with Crippen LogP contribution in [0.3, 0.4) is 0 Å². The Morgan fingerprint density at radius 2 is 1.77 bits per heavy atom. The molecule has 1 aliphatic carbocycles. The third-order valence-electron chi connectivity index (χ3n) is 6.84. The first-order valence-corrected chi connectivity index (χ1v) is 10.3. The fourth-order valence-corrected chi connectivity index (χ4v) is 5.29. The number of rotatable bonds is 5. The molecule has 0 radical (unpaired) electrons. The molecule has 1 unspecified atom stereocenters. The van der Waals surface area contributed by atoms with E-state index in [-0.39, 0.29) is 11.3 Å². The van der Waals surface area contributed by atoms with E-state index in [1.807, 2.05) is 19.0 Å². The van der Waals surface area contributed by atoms with Gasteiger partial charge >= 0.3 is 5.97 Å². The summed E-state index contributed by atoms with van der Waals surface area (Å²) in [6, 6.07) is 0. The van der Waals surface area contributed by atoms with E-state index in [1.165, 1.54) is 38.6 Å². The molecule has 26 heavy (non-hydrogen) atoms. The topological polar surface area (TPSA) is 64.1 Å². The van der Waals surface area contributed by atoms with Crippen LogP contribution >= 0.6 is 0 Å². The number of amides is 1. The van der Waals surface area contributed by atoms with Crippen molar-refractivity contribution in [2.45, 2.75) is 44.9 Å². The maximum atomic E-state index is 12.5. The summed E-state index contributed by atoms with van der Waals surface area (Å²) in [7, 11) is 3.75. The van der Waals surface area contributed by atoms with E-state index in [4.69, 9.17) is 0 Å². The molecule has 1 amide bonds. The fourth-order valence-electron chi connectivity index (χ4n) is 5.29. The van der Waals surface area contributed by atoms with Gasteiger partial charge in [-0.2, -0.15) is 0 Å². The van der Waals surface area contributed by atoms with Crippen LogP contribution in [-0.4, -0.2) is 85.0 Å². The summed E-state index contributed by atoms with van der Waals surface area (Å²) in [4.78, 5) is 30.6. The average molecular weight is 366 g/mol. The zero-order valence-corrected chi connectivity index (χ0v) is 16.5. The first kappa shape index (κ1) is 19.6. The van der Waals surface area contributed by atoms with Crippen LogP contribution < -0.4 is 0 Å². The van der Waals surface area contributed by atoms with Crippen molar-refractivity contribution in [2.24, 2.45) is 17.3 Å². The van der Waals surface area contributed by atoms with Crippen LogP contribution in [0.4, 0.5) is 0 Å². The molecule has 1 atom stereocenters. The highest BCUT2D eigenvalue weighted by molar-refractivity contribution is 5.81. The molecule has 2 saturated heterocycles. The van der Waals surface area contributed by atoms with Crippen LogP contribution in [0, 0.1) is 17.3 Å². The zero-order chi connectivity index (χ0) is 18.7. The minimum absolute atomic E-state index is 0.0581. The lowest BCUT2D eigenvalue weighted by atomic mass is 9.70. The molecule has 2 heterocycles. The standard InChI is InChI=1S/C20H35N3O3/c1-21(2)14-18(24)23-13-17(19(25)26)20(15-23)8-10-22(11-9-20)12-16-6-4-3-5-7-16/h16-17H,3-15H2,1-2H3,(H,25,26). The van der Waals surface area contributed by atoms with Crippen LogP contribution in [0.15, 0.2) is 0 Å². The van der Waals surface area contributed by atoms with Gasteiger partial charge in [-0.3, -0.25) is 9.59 Å². The summed E-state index contributed by atoms with van der Waals surface area (Å²) in [5, 5.41) is 9.78. The predicted molar refractivity (Wildman–Crippen MR) is 101 cm³/mol. The van der Waals surface area contributed by atoms with Gasteiger partial charge in [0.2, 0.25) is 5.91 Å². The number of aliphatic carboxylic acids is 1. The van der Waals surface area contributed by atoms with E-state index in [0.717, 1.165) is 31.8 Å². The van der Waals surface area contributed by atoms with Gasteiger partial charge in [0, 0.05) is 25.0 Å². The van der Waals surface area contributed by atoms with Gasteiger partial charge in [0.1, 0.15) is 0 Å². The molecule has 6 heteroatoms. The number of hydrogen-bond donors (Lipinski definition) is 1. The number of hydrogen-bond acceptors (Lipinski definition) is 4. The highest BCUT2D eigenvalue weighted by atomic mass is 16.4. The van der Waals surface area contributed by atoms with Crippen molar-refractivity contribution in [3.8, 4) is 0 Å². The van der Waals surface area contributed by atoms with Gasteiger partial charge in [0.15, 0.2) is 0 Å². The lowest BCUT2D eigenvalue weighted by molar-refractivity contribution is -0.145. The predicted octanol–water partition coefficient (Wildman–Crippen LogP) is 1.75. The highest BCUT2D eigenvalue weighted by Crippen LogP contribution is 2.45. The quantitative estimate of drug-likeness (QED) is 0.804. The van der Waals surface area contributed by atoms with E-state index >= 15 is 0 Å². The first-order chi connectivity index (χ1) is 12.4. The number of carbonyl (C=O) groups excluding carboxylic acids is 1. The molecular formula is C20H35N3O3. The Kier molecular flexibility index (Phi) is 6.23. The van der Waals surface area contributed by atoms with E-state index in [2.05, 4.69) is 4.90 Å². The molecular weight excluding hydrogens is 330 g/mol. The summed E-state index contributed by atoms with van der Waals surface area (Å²) < 4.78 is 0. The molecule has 2 aliphatic heterocycles. The van der Waals surface area contributed by atoms with Gasteiger partial charge < -0.3 is 19.8 Å². The number of carbonyl (C=O) groups is 2. The molecule has 3 fully saturated rings. The molecule has 148 valence electrons. The summed E-state index contributed by atoms with van der Waals surface area (Å²) in [5.74, 6) is -0.256. The fraction of sp³-hybridized carbons (Fsp3) is 0.900. The van der Waals surface area contributed by atoms with Crippen LogP contribution in [0.25, 0.3) is 0 Å². The zero-order valence-electron chi connectivity index (χ0n) is 16.5. The minimum Gasteiger partial charge on any atom is -0.481 e. The number of nitrogens with zero attached hydrogens (tertiary/aromatic N) is 3. The molecule has 0 aromatic rings. The van der Waals surface area contributed by atoms with Crippen molar-refractivity contribution in [3.05, 3.63) is 0 Å². The second kappa shape index (κ2) is 8.26. The Labute approximate surface area is 157 Å². The molecule has 1 spiro atoms. The minimum atomic E-state index is -0.731. The van der Waals surface area contributed by atoms with Crippen molar-refractivity contribution in [2.75, 3.05) is 53.4 Å². The van der Waals surface area contributed by atoms with Crippen LogP contribution in [0.2, 0.25) is 0 Å². The van der Waals surface area contributed by atoms with Gasteiger partial charge in [0.25, 0.3) is 0 Å². The SMILES string of the molecule is CN(C)CC(=O)N1CC(C(=O)O)C2(CCN(CC3CCCCC3)CC2)C1. The molecule has 6 nitrogen and oxygen atoms in total. The Bertz CT molecular complexity index is 508. The molecule has 3 aliphatic rings. The van der Waals surface area contributed by atoms with Gasteiger partial charge in [-0.25, -0.2) is 0 Å². The van der Waals surface area contributed by atoms with Crippen LogP contribution in [0.1, 0.15) is 44.9 Å². The summed E-state index contributed by atoms with van der Waals surface area (Å²) in [5.41, 5.74) is -0.225. The first-order valence-electron chi connectivity index (χ1n) is 10.3. The molecule has 3 rings (SSSR count). The van der Waals surface area contributed by atoms with E-state index in [9.17, 15) is 14.7 Å². The second-order valence-corrected chi connectivity index (χ2v) is 9.07. The summed E-state index contributed by atoms with van der Waals surface area (Å²) in [6.07, 6.45) is 8.64. The Morgan fingerprint density at radius 3 is 2.35 bits per heavy atom. The number of likely N-dealkylation sites (N-methyl/N-ethyl adjacent to an activating group) is 1. The maximum absolute atomic E-state index is 12.5. The van der Waals surface area contributed by atoms with E-state index in [0.29, 0.717) is 19.6 Å². The number of carboxylic acid groups (broad SMARTS) is 1. The second-order valence-electron chi connectivity index (χ2n) is 9.07. The monoisotopic (exact) mass is 365 g/mol. The van der Waals surface area contributed by atoms with Gasteiger partial charge in [0.05, 0.1) is 12.5 Å². The Hall–Kier alpha value is -1.14. The lowest BCUT2D eigenvalue weighted by Gasteiger charge is -2.42. The van der Waals surface area contributed by atoms with Gasteiger partial charge in [-0.1, -0.05) is 19.3 Å². The Balaban J connectivity index is 1.59. The molecule has 0 aromatic carbocycles. The normalized spacial score (nSPS) is 27.3. The van der Waals surface area contributed by atoms with Gasteiger partial charge in [-0.05, 0) is 58.8 Å². The van der Waals surface area contributed by atoms with E-state index in [1.54, 1.807) is 4.90 Å². The number of piperidine rings is 1. The Morgan fingerprint density at radius 1 is 1.12 bits per heavy atom. The third kappa shape index (κ3) is 4.39. The van der Waals surface area contributed by atoms with E-state index < -0.39 is 11.9 Å². The maximum Gasteiger partial charge on any atom is 0.308 e. The largest absolute Gasteiger partial charge is 0.481 e. The summed E-state index contributed by atoms with van der Waals surface area (Å²) >= 11 is 0. The van der Waals surface area contributed by atoms with Gasteiger partial charge in [-0.15, -0.1) is 0 Å². The number of carboxylic acids is 1. The molecule has 1 N–H and O–H groups in total. The van der Waals surface area contributed by atoms with Crippen LogP contribution in [0.5, 0.6) is 0 Å². The van der Waals surface area contributed by atoms with Crippen molar-refractivity contribution in [1.29, 1.82) is 0 Å². The van der Waals surface area contributed by atoms with Crippen molar-refractivity contribution < 1.29 is 14.7 Å². The van der Waals surface area contributed by atoms with Crippen molar-refractivity contribution >= 4 is 11.9 Å². The highest BCUT2D eigenvalue weighted by Gasteiger charge is 2.52. The lowest BCUT2D eigenvalue weighted by Crippen LogP contribution is -2.47. The number of likely N-dealkylation sites (tertiary alicyclic amines) is 2. The summed E-state index contributed by atoms with van der Waals surface area (Å²) in [6.45, 7) is 4.50. The smallest absolute Gasteiger partial charge is 0.308 e. The molecule has 1 saturated carbocycles. The van der Waals surface area contributed by atoms with Crippen molar-refractivity contribution in [3.63, 3.8) is 0 Å². The third-order valence-corrected chi connectivity index (χ3v) is 6.84. The van der Waals surface area contributed by atoms with Crippen molar-refractivity contribution in [1.82, 2.24) is 14.7 Å². The van der Waals surface area contributed by atoms with Crippen LogP contribution in [-0.2, 0) is 9.59 Å².